The van der Waals surface area contributed by atoms with E-state index in [4.69, 9.17) is 9.47 Å². The van der Waals surface area contributed by atoms with Gasteiger partial charge in [-0.3, -0.25) is 0 Å². The molecule has 0 N–H and O–H groups in total. The predicted octanol–water partition coefficient (Wildman–Crippen LogP) is 4.27. The highest BCUT2D eigenvalue weighted by atomic mass is 16.5. The molecule has 0 fully saturated rings. The number of hydrogen-bond donors (Lipinski definition) is 0. The molecule has 0 unspecified atom stereocenters. The molecule has 2 aromatic carbocycles. The van der Waals surface area contributed by atoms with Crippen LogP contribution in [-0.2, 0) is 0 Å². The number of ether oxygens (including phenoxy) is 2. The molecule has 0 heterocycles. The standard InChI is InChI=1S/C15H16O2/c1-2-12-16-13-8-10-15(11-9-13)17-14-6-4-3-5-7-14/h3-11H,2,12H2,1H3. The first-order valence-electron chi connectivity index (χ1n) is 5.84. The molecule has 0 saturated carbocycles. The van der Waals surface area contributed by atoms with E-state index in [1.165, 1.54) is 0 Å². The third-order valence-corrected chi connectivity index (χ3v) is 2.28. The largest absolute Gasteiger partial charge is 0.494 e. The Morgan fingerprint density at radius 3 is 2.00 bits per heavy atom. The minimum absolute atomic E-state index is 0.749. The van der Waals surface area contributed by atoms with Gasteiger partial charge in [0.25, 0.3) is 0 Å². The second-order valence-electron chi connectivity index (χ2n) is 3.73. The summed E-state index contributed by atoms with van der Waals surface area (Å²) in [6.45, 7) is 2.84. The predicted molar refractivity (Wildman–Crippen MR) is 68.7 cm³/mol. The van der Waals surface area contributed by atoms with E-state index in [2.05, 4.69) is 6.92 Å². The molecule has 2 rings (SSSR count). The Morgan fingerprint density at radius 1 is 0.765 bits per heavy atom. The summed E-state index contributed by atoms with van der Waals surface area (Å²) in [7, 11) is 0. The van der Waals surface area contributed by atoms with Crippen molar-refractivity contribution in [2.24, 2.45) is 0 Å². The Kier molecular flexibility index (Phi) is 4.03. The third kappa shape index (κ3) is 3.52. The number of para-hydroxylation sites is 1. The highest BCUT2D eigenvalue weighted by molar-refractivity contribution is 5.35. The molecule has 0 saturated heterocycles. The maximum atomic E-state index is 5.68. The zero-order valence-corrected chi connectivity index (χ0v) is 9.93. The van der Waals surface area contributed by atoms with Crippen LogP contribution in [-0.4, -0.2) is 6.61 Å². The first-order chi connectivity index (χ1) is 8.38. The first kappa shape index (κ1) is 11.5. The maximum Gasteiger partial charge on any atom is 0.127 e. The van der Waals surface area contributed by atoms with Crippen molar-refractivity contribution in [3.8, 4) is 17.2 Å². The quantitative estimate of drug-likeness (QED) is 0.761. The van der Waals surface area contributed by atoms with E-state index < -0.39 is 0 Å². The molecular weight excluding hydrogens is 212 g/mol. The van der Waals surface area contributed by atoms with Crippen molar-refractivity contribution in [3.63, 3.8) is 0 Å². The Hall–Kier alpha value is -1.96. The molecule has 0 aliphatic carbocycles. The van der Waals surface area contributed by atoms with Gasteiger partial charge in [-0.25, -0.2) is 0 Å². The van der Waals surface area contributed by atoms with Gasteiger partial charge in [-0.15, -0.1) is 0 Å². The van der Waals surface area contributed by atoms with Crippen LogP contribution >= 0.6 is 0 Å². The smallest absolute Gasteiger partial charge is 0.127 e. The molecule has 0 spiro atoms. The molecule has 0 atom stereocenters. The van der Waals surface area contributed by atoms with Crippen LogP contribution in [0, 0.1) is 0 Å². The highest BCUT2D eigenvalue weighted by Crippen LogP contribution is 2.23. The zero-order valence-electron chi connectivity index (χ0n) is 9.93. The average Bonchev–Trinajstić information content (AvgIpc) is 2.39. The van der Waals surface area contributed by atoms with E-state index >= 15 is 0 Å². The fourth-order valence-electron chi connectivity index (χ4n) is 1.45. The van der Waals surface area contributed by atoms with Gasteiger partial charge < -0.3 is 9.47 Å². The van der Waals surface area contributed by atoms with Crippen molar-refractivity contribution in [3.05, 3.63) is 54.6 Å². The second-order valence-corrected chi connectivity index (χ2v) is 3.73. The molecule has 2 heteroatoms. The summed E-state index contributed by atoms with van der Waals surface area (Å²) in [6, 6.07) is 17.4. The zero-order chi connectivity index (χ0) is 11.9. The first-order valence-corrected chi connectivity index (χ1v) is 5.84. The average molecular weight is 228 g/mol. The van der Waals surface area contributed by atoms with Crippen molar-refractivity contribution >= 4 is 0 Å². The fourth-order valence-corrected chi connectivity index (χ4v) is 1.45. The number of benzene rings is 2. The van der Waals surface area contributed by atoms with Crippen molar-refractivity contribution in [2.75, 3.05) is 6.61 Å². The molecule has 2 nitrogen and oxygen atoms in total. The van der Waals surface area contributed by atoms with Gasteiger partial charge in [0.05, 0.1) is 6.61 Å². The van der Waals surface area contributed by atoms with E-state index in [0.717, 1.165) is 30.3 Å². The highest BCUT2D eigenvalue weighted by Gasteiger charge is 1.97. The minimum atomic E-state index is 0.749. The number of hydrogen-bond acceptors (Lipinski definition) is 2. The van der Waals surface area contributed by atoms with Gasteiger partial charge in [0.2, 0.25) is 0 Å². The summed E-state index contributed by atoms with van der Waals surface area (Å²) < 4.78 is 11.2. The summed E-state index contributed by atoms with van der Waals surface area (Å²) in [6.07, 6.45) is 1.02. The summed E-state index contributed by atoms with van der Waals surface area (Å²) in [5.41, 5.74) is 0. The normalized spacial score (nSPS) is 9.94. The van der Waals surface area contributed by atoms with Crippen LogP contribution in [0.2, 0.25) is 0 Å². The van der Waals surface area contributed by atoms with Gasteiger partial charge in [-0.05, 0) is 42.8 Å². The van der Waals surface area contributed by atoms with Crippen LogP contribution < -0.4 is 9.47 Å². The molecule has 88 valence electrons. The number of rotatable bonds is 5. The van der Waals surface area contributed by atoms with Crippen molar-refractivity contribution in [1.82, 2.24) is 0 Å². The van der Waals surface area contributed by atoms with Crippen molar-refractivity contribution < 1.29 is 9.47 Å². The lowest BCUT2D eigenvalue weighted by atomic mass is 10.3. The van der Waals surface area contributed by atoms with E-state index in [9.17, 15) is 0 Å². The van der Waals surface area contributed by atoms with Crippen LogP contribution in [0.3, 0.4) is 0 Å². The van der Waals surface area contributed by atoms with Gasteiger partial charge in [0, 0.05) is 0 Å². The van der Waals surface area contributed by atoms with Gasteiger partial charge >= 0.3 is 0 Å². The lowest BCUT2D eigenvalue weighted by Crippen LogP contribution is -1.94. The van der Waals surface area contributed by atoms with Crippen molar-refractivity contribution in [2.45, 2.75) is 13.3 Å². The van der Waals surface area contributed by atoms with Gasteiger partial charge in [0.15, 0.2) is 0 Å². The lowest BCUT2D eigenvalue weighted by Gasteiger charge is -2.07. The van der Waals surface area contributed by atoms with Gasteiger partial charge in [-0.1, -0.05) is 25.1 Å². The third-order valence-electron chi connectivity index (χ3n) is 2.28. The molecule has 2 aromatic rings. The van der Waals surface area contributed by atoms with Crippen LogP contribution in [0.25, 0.3) is 0 Å². The topological polar surface area (TPSA) is 18.5 Å². The van der Waals surface area contributed by atoms with E-state index in [-0.39, 0.29) is 0 Å². The summed E-state index contributed by atoms with van der Waals surface area (Å²) in [5, 5.41) is 0. The Balaban J connectivity index is 1.98. The summed E-state index contributed by atoms with van der Waals surface area (Å²) in [4.78, 5) is 0. The van der Waals surface area contributed by atoms with Crippen LogP contribution in [0.4, 0.5) is 0 Å². The Bertz CT molecular complexity index is 434. The molecule has 0 radical (unpaired) electrons. The summed E-state index contributed by atoms with van der Waals surface area (Å²) in [5.74, 6) is 2.54. The SMILES string of the molecule is CCCOc1ccc(Oc2ccccc2)cc1. The second kappa shape index (κ2) is 5.94. The van der Waals surface area contributed by atoms with Crippen LogP contribution in [0.15, 0.2) is 54.6 Å². The van der Waals surface area contributed by atoms with Crippen molar-refractivity contribution in [1.29, 1.82) is 0 Å². The van der Waals surface area contributed by atoms with E-state index in [1.54, 1.807) is 0 Å². The van der Waals surface area contributed by atoms with Crippen LogP contribution in [0.5, 0.6) is 17.2 Å². The monoisotopic (exact) mass is 228 g/mol. The molecule has 0 amide bonds. The molecule has 0 aromatic heterocycles. The van der Waals surface area contributed by atoms with Crippen LogP contribution in [0.1, 0.15) is 13.3 Å². The Labute approximate surface area is 102 Å². The minimum Gasteiger partial charge on any atom is -0.494 e. The van der Waals surface area contributed by atoms with E-state index in [1.807, 2.05) is 54.6 Å². The Morgan fingerprint density at radius 2 is 1.35 bits per heavy atom. The maximum absolute atomic E-state index is 5.68. The fraction of sp³-hybridized carbons (Fsp3) is 0.200. The lowest BCUT2D eigenvalue weighted by molar-refractivity contribution is 0.317. The molecular formula is C15H16O2. The van der Waals surface area contributed by atoms with Gasteiger partial charge in [0.1, 0.15) is 17.2 Å². The molecule has 0 bridgehead atoms. The van der Waals surface area contributed by atoms with Gasteiger partial charge in [-0.2, -0.15) is 0 Å². The molecule has 17 heavy (non-hydrogen) atoms. The van der Waals surface area contributed by atoms with E-state index in [0.29, 0.717) is 0 Å². The summed E-state index contributed by atoms with van der Waals surface area (Å²) >= 11 is 0. The molecule has 0 aliphatic heterocycles. The molecule has 0 aliphatic rings.